The Morgan fingerprint density at radius 3 is 2.84 bits per heavy atom. The molecule has 0 spiro atoms. The number of aromatic nitrogens is 2. The van der Waals surface area contributed by atoms with Crippen LogP contribution in [0.25, 0.3) is 0 Å². The minimum absolute atomic E-state index is 0.0220. The van der Waals surface area contributed by atoms with Gasteiger partial charge in [-0.25, -0.2) is 4.79 Å². The summed E-state index contributed by atoms with van der Waals surface area (Å²) in [5.41, 5.74) is 5.34. The van der Waals surface area contributed by atoms with Crippen LogP contribution < -0.4 is 21.9 Å². The highest BCUT2D eigenvalue weighted by Crippen LogP contribution is 2.26. The SMILES string of the molecule is CCCn1c(N)c(N2CCCC2CO)c(=O)[nH]c1=O. The van der Waals surface area contributed by atoms with E-state index in [0.29, 0.717) is 18.8 Å². The Morgan fingerprint density at radius 2 is 2.21 bits per heavy atom. The molecule has 0 aromatic carbocycles. The summed E-state index contributed by atoms with van der Waals surface area (Å²) in [5.74, 6) is 0.191. The van der Waals surface area contributed by atoms with E-state index in [2.05, 4.69) is 4.98 Å². The fraction of sp³-hybridized carbons (Fsp3) is 0.667. The van der Waals surface area contributed by atoms with Gasteiger partial charge in [-0.2, -0.15) is 0 Å². The second kappa shape index (κ2) is 5.48. The maximum atomic E-state index is 12.0. The van der Waals surface area contributed by atoms with Crippen molar-refractivity contribution >= 4 is 11.5 Å². The number of nitrogens with zero attached hydrogens (tertiary/aromatic N) is 2. The molecule has 1 aliphatic rings. The number of rotatable bonds is 4. The molecule has 2 heterocycles. The highest BCUT2D eigenvalue weighted by molar-refractivity contribution is 5.63. The molecular formula is C12H20N4O3. The summed E-state index contributed by atoms with van der Waals surface area (Å²) in [7, 11) is 0. The largest absolute Gasteiger partial charge is 0.394 e. The van der Waals surface area contributed by atoms with Crippen molar-refractivity contribution in [3.05, 3.63) is 20.8 Å². The molecule has 0 amide bonds. The molecule has 1 unspecified atom stereocenters. The smallest absolute Gasteiger partial charge is 0.330 e. The Hall–Kier alpha value is -1.76. The average Bonchev–Trinajstić information content (AvgIpc) is 2.82. The quantitative estimate of drug-likeness (QED) is 0.682. The summed E-state index contributed by atoms with van der Waals surface area (Å²) in [6.45, 7) is 3.05. The van der Waals surface area contributed by atoms with Gasteiger partial charge in [0.2, 0.25) is 0 Å². The summed E-state index contributed by atoms with van der Waals surface area (Å²) < 4.78 is 1.38. The lowest BCUT2D eigenvalue weighted by Crippen LogP contribution is -2.41. The number of nitrogens with one attached hydrogen (secondary N) is 1. The first-order chi connectivity index (χ1) is 9.10. The number of aromatic amines is 1. The maximum absolute atomic E-state index is 12.0. The van der Waals surface area contributed by atoms with E-state index < -0.39 is 11.2 Å². The fourth-order valence-corrected chi connectivity index (χ4v) is 2.62. The third kappa shape index (κ3) is 2.37. The third-order valence-electron chi connectivity index (χ3n) is 3.54. The van der Waals surface area contributed by atoms with Crippen LogP contribution in [0.3, 0.4) is 0 Å². The lowest BCUT2D eigenvalue weighted by atomic mass is 10.2. The number of nitrogens with two attached hydrogens (primary N) is 1. The van der Waals surface area contributed by atoms with Gasteiger partial charge in [-0.05, 0) is 19.3 Å². The summed E-state index contributed by atoms with van der Waals surface area (Å²) >= 11 is 0. The van der Waals surface area contributed by atoms with Crippen LogP contribution >= 0.6 is 0 Å². The van der Waals surface area contributed by atoms with Crippen molar-refractivity contribution in [3.8, 4) is 0 Å². The van der Waals surface area contributed by atoms with Crippen molar-refractivity contribution in [1.82, 2.24) is 9.55 Å². The van der Waals surface area contributed by atoms with Gasteiger partial charge in [0, 0.05) is 13.1 Å². The second-order valence-electron chi connectivity index (χ2n) is 4.82. The normalized spacial score (nSPS) is 19.1. The number of hydrogen-bond donors (Lipinski definition) is 3. The van der Waals surface area contributed by atoms with Crippen LogP contribution in [-0.2, 0) is 6.54 Å². The standard InChI is InChI=1S/C12H20N4O3/c1-2-5-16-10(13)9(11(18)14-12(16)19)15-6-3-4-8(15)7-17/h8,17H,2-7,13H2,1H3,(H,14,18,19). The van der Waals surface area contributed by atoms with Gasteiger partial charge in [0.25, 0.3) is 5.56 Å². The molecule has 0 bridgehead atoms. The van der Waals surface area contributed by atoms with E-state index in [1.165, 1.54) is 4.57 Å². The van der Waals surface area contributed by atoms with Gasteiger partial charge in [0.05, 0.1) is 12.6 Å². The molecule has 1 aromatic heterocycles. The van der Waals surface area contributed by atoms with Gasteiger partial charge in [0.15, 0.2) is 0 Å². The number of H-pyrrole nitrogens is 1. The first-order valence-electron chi connectivity index (χ1n) is 6.60. The summed E-state index contributed by atoms with van der Waals surface area (Å²) in [4.78, 5) is 27.8. The van der Waals surface area contributed by atoms with Crippen LogP contribution in [0.1, 0.15) is 26.2 Å². The zero-order valence-corrected chi connectivity index (χ0v) is 11.1. The van der Waals surface area contributed by atoms with E-state index in [-0.39, 0.29) is 18.5 Å². The fourth-order valence-electron chi connectivity index (χ4n) is 2.62. The van der Waals surface area contributed by atoms with E-state index in [1.54, 1.807) is 4.90 Å². The molecule has 19 heavy (non-hydrogen) atoms. The Kier molecular flexibility index (Phi) is 3.94. The molecule has 1 fully saturated rings. The van der Waals surface area contributed by atoms with Crippen molar-refractivity contribution < 1.29 is 5.11 Å². The third-order valence-corrected chi connectivity index (χ3v) is 3.54. The second-order valence-corrected chi connectivity index (χ2v) is 4.82. The minimum Gasteiger partial charge on any atom is -0.394 e. The first kappa shape index (κ1) is 13.7. The number of aliphatic hydroxyl groups excluding tert-OH is 1. The molecule has 1 saturated heterocycles. The first-order valence-corrected chi connectivity index (χ1v) is 6.60. The minimum atomic E-state index is -0.479. The Labute approximate surface area is 110 Å². The van der Waals surface area contributed by atoms with Crippen molar-refractivity contribution in [2.45, 2.75) is 38.8 Å². The predicted octanol–water partition coefficient (Wildman–Crippen LogP) is -0.510. The molecular weight excluding hydrogens is 248 g/mol. The van der Waals surface area contributed by atoms with E-state index in [4.69, 9.17) is 5.73 Å². The predicted molar refractivity (Wildman–Crippen MR) is 73.5 cm³/mol. The van der Waals surface area contributed by atoms with Crippen molar-refractivity contribution in [1.29, 1.82) is 0 Å². The average molecular weight is 268 g/mol. The van der Waals surface area contributed by atoms with Crippen LogP contribution in [0.2, 0.25) is 0 Å². The van der Waals surface area contributed by atoms with E-state index >= 15 is 0 Å². The van der Waals surface area contributed by atoms with E-state index in [9.17, 15) is 14.7 Å². The molecule has 0 radical (unpaired) electrons. The van der Waals surface area contributed by atoms with Crippen LogP contribution in [0.15, 0.2) is 9.59 Å². The van der Waals surface area contributed by atoms with Crippen LogP contribution in [0, 0.1) is 0 Å². The van der Waals surface area contributed by atoms with Gasteiger partial charge in [0.1, 0.15) is 11.5 Å². The lowest BCUT2D eigenvalue weighted by Gasteiger charge is -2.26. The highest BCUT2D eigenvalue weighted by atomic mass is 16.3. The van der Waals surface area contributed by atoms with Gasteiger partial charge >= 0.3 is 5.69 Å². The van der Waals surface area contributed by atoms with E-state index in [0.717, 1.165) is 19.3 Å². The monoisotopic (exact) mass is 268 g/mol. The number of hydrogen-bond acceptors (Lipinski definition) is 5. The van der Waals surface area contributed by atoms with E-state index in [1.807, 2.05) is 6.92 Å². The summed E-state index contributed by atoms with van der Waals surface area (Å²) in [6, 6.07) is -0.101. The molecule has 106 valence electrons. The zero-order chi connectivity index (χ0) is 14.0. The van der Waals surface area contributed by atoms with Crippen molar-refractivity contribution in [3.63, 3.8) is 0 Å². The molecule has 1 aromatic rings. The molecule has 7 nitrogen and oxygen atoms in total. The van der Waals surface area contributed by atoms with Crippen LogP contribution in [-0.4, -0.2) is 33.9 Å². The zero-order valence-electron chi connectivity index (χ0n) is 11.1. The van der Waals surface area contributed by atoms with Gasteiger partial charge < -0.3 is 15.7 Å². The number of nitrogen functional groups attached to an aromatic ring is 1. The molecule has 1 atom stereocenters. The van der Waals surface area contributed by atoms with Crippen LogP contribution in [0.4, 0.5) is 11.5 Å². The molecule has 7 heteroatoms. The highest BCUT2D eigenvalue weighted by Gasteiger charge is 2.28. The van der Waals surface area contributed by atoms with Gasteiger partial charge in [-0.3, -0.25) is 14.3 Å². The summed E-state index contributed by atoms with van der Waals surface area (Å²) in [6.07, 6.45) is 2.47. The molecule has 0 aliphatic carbocycles. The van der Waals surface area contributed by atoms with Crippen LogP contribution in [0.5, 0.6) is 0 Å². The molecule has 0 saturated carbocycles. The number of anilines is 2. The van der Waals surface area contributed by atoms with Crippen molar-refractivity contribution in [2.75, 3.05) is 23.8 Å². The molecule has 1 aliphatic heterocycles. The lowest BCUT2D eigenvalue weighted by molar-refractivity contribution is 0.266. The maximum Gasteiger partial charge on any atom is 0.330 e. The topological polar surface area (TPSA) is 104 Å². The van der Waals surface area contributed by atoms with Gasteiger partial charge in [-0.15, -0.1) is 0 Å². The number of aliphatic hydroxyl groups is 1. The van der Waals surface area contributed by atoms with Gasteiger partial charge in [-0.1, -0.05) is 6.92 Å². The van der Waals surface area contributed by atoms with Crippen molar-refractivity contribution in [2.24, 2.45) is 0 Å². The Morgan fingerprint density at radius 1 is 1.47 bits per heavy atom. The molecule has 2 rings (SSSR count). The Bertz CT molecular complexity index is 563. The Balaban J connectivity index is 2.54. The summed E-state index contributed by atoms with van der Waals surface area (Å²) in [5, 5.41) is 9.34. The molecule has 4 N–H and O–H groups in total.